The van der Waals surface area contributed by atoms with Crippen molar-refractivity contribution >= 4 is 15.5 Å². The quantitative estimate of drug-likeness (QED) is 0.643. The molecule has 0 heterocycles. The maximum absolute atomic E-state index is 12.6. The van der Waals surface area contributed by atoms with E-state index >= 15 is 0 Å². The summed E-state index contributed by atoms with van der Waals surface area (Å²) in [7, 11) is -3.65. The average molecular weight is 312 g/mol. The van der Waals surface area contributed by atoms with Crippen LogP contribution in [0, 0.1) is 10.1 Å². The Morgan fingerprint density at radius 3 is 2.71 bits per heavy atom. The van der Waals surface area contributed by atoms with Gasteiger partial charge in [0.25, 0.3) is 5.69 Å². The molecule has 6 nitrogen and oxygen atoms in total. The first kappa shape index (κ1) is 15.9. The molecule has 2 atom stereocenters. The predicted molar refractivity (Wildman–Crippen MR) is 80.0 cm³/mol. The van der Waals surface area contributed by atoms with E-state index in [0.29, 0.717) is 12.8 Å². The van der Waals surface area contributed by atoms with Crippen LogP contribution in [-0.4, -0.2) is 31.2 Å². The molecule has 0 radical (unpaired) electrons. The second-order valence-corrected chi connectivity index (χ2v) is 7.55. The normalized spacial score (nSPS) is 22.3. The summed E-state index contributed by atoms with van der Waals surface area (Å²) >= 11 is 0. The second kappa shape index (κ2) is 6.53. The number of nitrogens with zero attached hydrogens (tertiary/aromatic N) is 1. The molecule has 2 unspecified atom stereocenters. The van der Waals surface area contributed by atoms with Gasteiger partial charge in [0, 0.05) is 12.1 Å². The Bertz CT molecular complexity index is 615. The smallest absolute Gasteiger partial charge is 0.287 e. The Balaban J connectivity index is 2.22. The van der Waals surface area contributed by atoms with Crippen LogP contribution in [0.15, 0.2) is 29.2 Å². The summed E-state index contributed by atoms with van der Waals surface area (Å²) in [5.41, 5.74) is -0.331. The van der Waals surface area contributed by atoms with Gasteiger partial charge in [0.1, 0.15) is 4.90 Å². The number of rotatable bonds is 6. The molecule has 0 aromatic heterocycles. The first-order valence-electron chi connectivity index (χ1n) is 7.17. The monoisotopic (exact) mass is 312 g/mol. The minimum atomic E-state index is -3.65. The lowest BCUT2D eigenvalue weighted by Gasteiger charge is -2.13. The van der Waals surface area contributed by atoms with Crippen LogP contribution in [0.1, 0.15) is 32.6 Å². The van der Waals surface area contributed by atoms with Crippen molar-refractivity contribution in [1.82, 2.24) is 5.32 Å². The molecule has 1 N–H and O–H groups in total. The molecular weight excluding hydrogens is 292 g/mol. The van der Waals surface area contributed by atoms with Crippen LogP contribution in [-0.2, 0) is 9.84 Å². The molecule has 0 bridgehead atoms. The molecule has 116 valence electrons. The van der Waals surface area contributed by atoms with Gasteiger partial charge in [-0.2, -0.15) is 0 Å². The number of hydrogen-bond acceptors (Lipinski definition) is 5. The highest BCUT2D eigenvalue weighted by atomic mass is 32.2. The summed E-state index contributed by atoms with van der Waals surface area (Å²) in [6.45, 7) is 2.92. The predicted octanol–water partition coefficient (Wildman–Crippen LogP) is 2.29. The van der Waals surface area contributed by atoms with Crippen molar-refractivity contribution in [2.75, 3.05) is 6.54 Å². The van der Waals surface area contributed by atoms with E-state index in [1.54, 1.807) is 0 Å². The van der Waals surface area contributed by atoms with Crippen LogP contribution in [0.3, 0.4) is 0 Å². The fourth-order valence-electron chi connectivity index (χ4n) is 2.78. The van der Waals surface area contributed by atoms with E-state index in [9.17, 15) is 18.5 Å². The van der Waals surface area contributed by atoms with Gasteiger partial charge in [0.15, 0.2) is 9.84 Å². The molecule has 2 rings (SSSR count). The Labute approximate surface area is 124 Å². The SMILES string of the molecule is CCCNC1CCC(S(=O)(=O)c2ccccc2[N+](=O)[O-])C1. The van der Waals surface area contributed by atoms with E-state index in [1.165, 1.54) is 24.3 Å². The summed E-state index contributed by atoms with van der Waals surface area (Å²) < 4.78 is 25.3. The van der Waals surface area contributed by atoms with Crippen LogP contribution in [0.2, 0.25) is 0 Å². The molecule has 1 aromatic rings. The Hall–Kier alpha value is -1.47. The van der Waals surface area contributed by atoms with Crippen molar-refractivity contribution in [3.63, 3.8) is 0 Å². The molecule has 1 saturated carbocycles. The lowest BCUT2D eigenvalue weighted by Crippen LogP contribution is -2.29. The molecular formula is C14H20N2O4S. The van der Waals surface area contributed by atoms with Gasteiger partial charge in [0.2, 0.25) is 0 Å². The highest BCUT2D eigenvalue weighted by molar-refractivity contribution is 7.92. The number of nitro benzene ring substituents is 1. The number of para-hydroxylation sites is 1. The summed E-state index contributed by atoms with van der Waals surface area (Å²) in [6.07, 6.45) is 2.87. The fourth-order valence-corrected chi connectivity index (χ4v) is 4.78. The topological polar surface area (TPSA) is 89.3 Å². The van der Waals surface area contributed by atoms with Crippen LogP contribution < -0.4 is 5.32 Å². The Morgan fingerprint density at radius 1 is 1.33 bits per heavy atom. The molecule has 0 amide bonds. The van der Waals surface area contributed by atoms with Crippen molar-refractivity contribution in [3.05, 3.63) is 34.4 Å². The zero-order valence-corrected chi connectivity index (χ0v) is 12.8. The second-order valence-electron chi connectivity index (χ2n) is 5.36. The van der Waals surface area contributed by atoms with Gasteiger partial charge in [-0.3, -0.25) is 10.1 Å². The van der Waals surface area contributed by atoms with Crippen LogP contribution in [0.4, 0.5) is 5.69 Å². The van der Waals surface area contributed by atoms with E-state index in [-0.39, 0.29) is 16.6 Å². The van der Waals surface area contributed by atoms with Crippen molar-refractivity contribution in [3.8, 4) is 0 Å². The minimum absolute atomic E-state index is 0.156. The van der Waals surface area contributed by atoms with E-state index in [2.05, 4.69) is 12.2 Å². The molecule has 1 fully saturated rings. The minimum Gasteiger partial charge on any atom is -0.314 e. The third-order valence-corrected chi connectivity index (χ3v) is 6.14. The maximum Gasteiger partial charge on any atom is 0.287 e. The highest BCUT2D eigenvalue weighted by Crippen LogP contribution is 2.33. The Morgan fingerprint density at radius 2 is 2.05 bits per heavy atom. The lowest BCUT2D eigenvalue weighted by atomic mass is 10.2. The summed E-state index contributed by atoms with van der Waals surface area (Å²) in [6, 6.07) is 5.78. The van der Waals surface area contributed by atoms with Gasteiger partial charge in [0.05, 0.1) is 10.2 Å². The number of nitro groups is 1. The first-order chi connectivity index (χ1) is 9.96. The fraction of sp³-hybridized carbons (Fsp3) is 0.571. The third-order valence-electron chi connectivity index (χ3n) is 3.87. The molecule has 1 aliphatic rings. The summed E-state index contributed by atoms with van der Waals surface area (Å²) in [4.78, 5) is 10.2. The lowest BCUT2D eigenvalue weighted by molar-refractivity contribution is -0.387. The van der Waals surface area contributed by atoms with Gasteiger partial charge in [-0.05, 0) is 38.3 Å². The van der Waals surface area contributed by atoms with Crippen molar-refractivity contribution in [2.24, 2.45) is 0 Å². The molecule has 0 spiro atoms. The number of benzene rings is 1. The van der Waals surface area contributed by atoms with Crippen molar-refractivity contribution < 1.29 is 13.3 Å². The molecule has 1 aliphatic carbocycles. The van der Waals surface area contributed by atoms with Gasteiger partial charge in [-0.25, -0.2) is 8.42 Å². The van der Waals surface area contributed by atoms with E-state index < -0.39 is 20.0 Å². The van der Waals surface area contributed by atoms with Crippen molar-refractivity contribution in [2.45, 2.75) is 48.8 Å². The highest BCUT2D eigenvalue weighted by Gasteiger charge is 2.38. The van der Waals surface area contributed by atoms with E-state index in [0.717, 1.165) is 19.4 Å². The Kier molecular flexibility index (Phi) is 4.95. The molecule has 7 heteroatoms. The standard InChI is InChI=1S/C14H20N2O4S/c1-2-9-15-11-7-8-12(10-11)21(19,20)14-6-4-3-5-13(14)16(17)18/h3-6,11-12,15H,2,7-10H2,1H3. The molecule has 1 aromatic carbocycles. The summed E-state index contributed by atoms with van der Waals surface area (Å²) in [5.74, 6) is 0. The van der Waals surface area contributed by atoms with E-state index in [1.807, 2.05) is 0 Å². The zero-order chi connectivity index (χ0) is 15.5. The van der Waals surface area contributed by atoms with Gasteiger partial charge in [-0.1, -0.05) is 19.1 Å². The summed E-state index contributed by atoms with van der Waals surface area (Å²) in [5, 5.41) is 13.8. The molecule has 0 aliphatic heterocycles. The number of sulfone groups is 1. The average Bonchev–Trinajstić information content (AvgIpc) is 2.94. The largest absolute Gasteiger partial charge is 0.314 e. The van der Waals surface area contributed by atoms with Crippen LogP contribution in [0.25, 0.3) is 0 Å². The van der Waals surface area contributed by atoms with Crippen molar-refractivity contribution in [1.29, 1.82) is 0 Å². The first-order valence-corrected chi connectivity index (χ1v) is 8.72. The molecule has 21 heavy (non-hydrogen) atoms. The van der Waals surface area contributed by atoms with Gasteiger partial charge < -0.3 is 5.32 Å². The maximum atomic E-state index is 12.6. The zero-order valence-electron chi connectivity index (χ0n) is 12.0. The van der Waals surface area contributed by atoms with Crippen LogP contribution >= 0.6 is 0 Å². The third kappa shape index (κ3) is 3.41. The number of hydrogen-bond donors (Lipinski definition) is 1. The number of nitrogens with one attached hydrogen (secondary N) is 1. The van der Waals surface area contributed by atoms with Crippen LogP contribution in [0.5, 0.6) is 0 Å². The van der Waals surface area contributed by atoms with Gasteiger partial charge in [-0.15, -0.1) is 0 Å². The van der Waals surface area contributed by atoms with Gasteiger partial charge >= 0.3 is 0 Å². The molecule has 0 saturated heterocycles. The van der Waals surface area contributed by atoms with E-state index in [4.69, 9.17) is 0 Å².